The van der Waals surface area contributed by atoms with E-state index in [-0.39, 0.29) is 5.91 Å². The normalized spacial score (nSPS) is 28.7. The Balaban J connectivity index is 2.63. The highest BCUT2D eigenvalue weighted by atomic mass is 19.3. The van der Waals surface area contributed by atoms with Crippen LogP contribution in [0.1, 0.15) is 20.3 Å². The molecule has 1 rings (SSSR count). The van der Waals surface area contributed by atoms with Crippen molar-refractivity contribution in [1.82, 2.24) is 4.90 Å². The van der Waals surface area contributed by atoms with Crippen LogP contribution in [-0.2, 0) is 4.79 Å². The molecule has 12 heavy (non-hydrogen) atoms. The predicted molar refractivity (Wildman–Crippen MR) is 41.0 cm³/mol. The Morgan fingerprint density at radius 2 is 2.17 bits per heavy atom. The average molecular weight is 177 g/mol. The van der Waals surface area contributed by atoms with Gasteiger partial charge in [0.05, 0.1) is 6.54 Å². The molecular weight excluding hydrogens is 164 g/mol. The van der Waals surface area contributed by atoms with E-state index in [0.717, 1.165) is 0 Å². The van der Waals surface area contributed by atoms with Crippen LogP contribution in [0.25, 0.3) is 0 Å². The Morgan fingerprint density at radius 3 is 2.58 bits per heavy atom. The van der Waals surface area contributed by atoms with Crippen molar-refractivity contribution < 1.29 is 13.6 Å². The smallest absolute Gasteiger partial charge is 0.267 e. The number of amides is 1. The van der Waals surface area contributed by atoms with Gasteiger partial charge in [-0.3, -0.25) is 4.79 Å². The molecule has 1 atom stereocenters. The average Bonchev–Trinajstić information content (AvgIpc) is 1.94. The second kappa shape index (κ2) is 2.99. The fourth-order valence-electron chi connectivity index (χ4n) is 1.32. The van der Waals surface area contributed by atoms with Crippen LogP contribution in [0.15, 0.2) is 0 Å². The lowest BCUT2D eigenvalue weighted by Gasteiger charge is -2.36. The zero-order valence-electron chi connectivity index (χ0n) is 7.31. The van der Waals surface area contributed by atoms with E-state index in [1.54, 1.807) is 0 Å². The molecule has 0 aromatic carbocycles. The molecule has 1 aliphatic rings. The van der Waals surface area contributed by atoms with Gasteiger partial charge in [-0.1, -0.05) is 6.92 Å². The lowest BCUT2D eigenvalue weighted by molar-refractivity contribution is -0.146. The molecule has 0 N–H and O–H groups in total. The molecule has 0 bridgehead atoms. The van der Waals surface area contributed by atoms with Crippen LogP contribution in [0.2, 0.25) is 0 Å². The van der Waals surface area contributed by atoms with Crippen LogP contribution < -0.4 is 0 Å². The molecule has 1 aliphatic heterocycles. The van der Waals surface area contributed by atoms with Gasteiger partial charge in [0.1, 0.15) is 0 Å². The maximum atomic E-state index is 13.0. The van der Waals surface area contributed by atoms with E-state index in [2.05, 4.69) is 0 Å². The first-order chi connectivity index (χ1) is 5.43. The quantitative estimate of drug-likeness (QED) is 0.549. The van der Waals surface area contributed by atoms with Crippen molar-refractivity contribution in [2.75, 3.05) is 13.1 Å². The predicted octanol–water partition coefficient (Wildman–Crippen LogP) is 1.51. The third kappa shape index (κ3) is 1.73. The molecule has 1 unspecified atom stereocenters. The van der Waals surface area contributed by atoms with E-state index in [4.69, 9.17) is 0 Å². The second-order valence-electron chi connectivity index (χ2n) is 3.39. The Hall–Kier alpha value is -0.670. The van der Waals surface area contributed by atoms with Crippen molar-refractivity contribution in [3.8, 4) is 0 Å². The number of carbonyl (C=O) groups excluding carboxylic acids is 1. The van der Waals surface area contributed by atoms with Gasteiger partial charge in [0.15, 0.2) is 0 Å². The van der Waals surface area contributed by atoms with Gasteiger partial charge in [0, 0.05) is 19.4 Å². The maximum Gasteiger partial charge on any atom is 0.267 e. The van der Waals surface area contributed by atoms with Gasteiger partial charge in [0.2, 0.25) is 5.91 Å². The van der Waals surface area contributed by atoms with E-state index in [0.29, 0.717) is 13.0 Å². The molecule has 0 radical (unpaired) electrons. The van der Waals surface area contributed by atoms with Gasteiger partial charge in [-0.25, -0.2) is 8.78 Å². The molecule has 1 amide bonds. The van der Waals surface area contributed by atoms with Crippen LogP contribution in [0.4, 0.5) is 8.78 Å². The lowest BCUT2D eigenvalue weighted by atomic mass is 9.95. The third-order valence-electron chi connectivity index (χ3n) is 2.40. The Kier molecular flexibility index (Phi) is 2.35. The van der Waals surface area contributed by atoms with Gasteiger partial charge in [0.25, 0.3) is 5.92 Å². The van der Waals surface area contributed by atoms with Gasteiger partial charge < -0.3 is 4.90 Å². The number of alkyl halides is 2. The highest BCUT2D eigenvalue weighted by Gasteiger charge is 2.42. The molecule has 0 saturated carbocycles. The standard InChI is InChI=1S/C8H13F2NO/c1-6-3-4-11(7(2)12)5-8(6,9)10/h6H,3-5H2,1-2H3. The van der Waals surface area contributed by atoms with Gasteiger partial charge in [-0.15, -0.1) is 0 Å². The minimum atomic E-state index is -2.70. The zero-order valence-corrected chi connectivity index (χ0v) is 7.31. The number of nitrogens with zero attached hydrogens (tertiary/aromatic N) is 1. The van der Waals surface area contributed by atoms with E-state index in [1.807, 2.05) is 0 Å². The SMILES string of the molecule is CC(=O)N1CCC(C)C(F)(F)C1. The number of rotatable bonds is 0. The van der Waals surface area contributed by atoms with Gasteiger partial charge in [-0.2, -0.15) is 0 Å². The highest BCUT2D eigenvalue weighted by Crippen LogP contribution is 2.32. The topological polar surface area (TPSA) is 20.3 Å². The van der Waals surface area contributed by atoms with Crippen molar-refractivity contribution in [2.45, 2.75) is 26.2 Å². The fraction of sp³-hybridized carbons (Fsp3) is 0.875. The van der Waals surface area contributed by atoms with Crippen LogP contribution in [-0.4, -0.2) is 29.8 Å². The number of likely N-dealkylation sites (tertiary alicyclic amines) is 1. The first-order valence-corrected chi connectivity index (χ1v) is 4.07. The Labute approximate surface area is 70.5 Å². The molecular formula is C8H13F2NO. The van der Waals surface area contributed by atoms with E-state index >= 15 is 0 Å². The van der Waals surface area contributed by atoms with Crippen LogP contribution in [0.3, 0.4) is 0 Å². The number of hydrogen-bond acceptors (Lipinski definition) is 1. The van der Waals surface area contributed by atoms with Crippen molar-refractivity contribution in [1.29, 1.82) is 0 Å². The minimum Gasteiger partial charge on any atom is -0.337 e. The third-order valence-corrected chi connectivity index (χ3v) is 2.40. The summed E-state index contributed by atoms with van der Waals surface area (Å²) in [5, 5.41) is 0. The summed E-state index contributed by atoms with van der Waals surface area (Å²) in [5.41, 5.74) is 0. The number of carbonyl (C=O) groups is 1. The summed E-state index contributed by atoms with van der Waals surface area (Å²) in [5.74, 6) is -3.57. The minimum absolute atomic E-state index is 0.262. The molecule has 0 spiro atoms. The maximum absolute atomic E-state index is 13.0. The van der Waals surface area contributed by atoms with Crippen molar-refractivity contribution >= 4 is 5.91 Å². The summed E-state index contributed by atoms with van der Waals surface area (Å²) < 4.78 is 26.0. The van der Waals surface area contributed by atoms with Crippen molar-refractivity contribution in [3.63, 3.8) is 0 Å². The second-order valence-corrected chi connectivity index (χ2v) is 3.39. The number of piperidine rings is 1. The molecule has 1 saturated heterocycles. The number of hydrogen-bond donors (Lipinski definition) is 0. The largest absolute Gasteiger partial charge is 0.337 e. The summed E-state index contributed by atoms with van der Waals surface area (Å²) in [7, 11) is 0. The first kappa shape index (κ1) is 9.42. The molecule has 1 heterocycles. The molecule has 0 aliphatic carbocycles. The van der Waals surface area contributed by atoms with E-state index in [9.17, 15) is 13.6 Å². The Bertz CT molecular complexity index is 193. The zero-order chi connectivity index (χ0) is 9.35. The monoisotopic (exact) mass is 177 g/mol. The Morgan fingerprint density at radius 1 is 1.58 bits per heavy atom. The molecule has 0 aromatic rings. The first-order valence-electron chi connectivity index (χ1n) is 4.07. The summed E-state index contributed by atoms with van der Waals surface area (Å²) >= 11 is 0. The summed E-state index contributed by atoms with van der Waals surface area (Å²) in [6.07, 6.45) is 0.395. The van der Waals surface area contributed by atoms with Crippen LogP contribution in [0, 0.1) is 5.92 Å². The lowest BCUT2D eigenvalue weighted by Crippen LogP contribution is -2.49. The molecule has 70 valence electrons. The molecule has 1 fully saturated rings. The van der Waals surface area contributed by atoms with Crippen molar-refractivity contribution in [3.05, 3.63) is 0 Å². The summed E-state index contributed by atoms with van der Waals surface area (Å²) in [4.78, 5) is 12.0. The van der Waals surface area contributed by atoms with Crippen LogP contribution >= 0.6 is 0 Å². The van der Waals surface area contributed by atoms with Gasteiger partial charge >= 0.3 is 0 Å². The van der Waals surface area contributed by atoms with E-state index in [1.165, 1.54) is 18.7 Å². The fourth-order valence-corrected chi connectivity index (χ4v) is 1.32. The highest BCUT2D eigenvalue weighted by molar-refractivity contribution is 5.73. The number of halogens is 2. The van der Waals surface area contributed by atoms with Crippen LogP contribution in [0.5, 0.6) is 0 Å². The molecule has 4 heteroatoms. The van der Waals surface area contributed by atoms with Gasteiger partial charge in [-0.05, 0) is 6.42 Å². The molecule has 0 aromatic heterocycles. The summed E-state index contributed by atoms with van der Waals surface area (Å²) in [6, 6.07) is 0. The molecule has 2 nitrogen and oxygen atoms in total. The summed E-state index contributed by atoms with van der Waals surface area (Å²) in [6.45, 7) is 2.90. The van der Waals surface area contributed by atoms with E-state index < -0.39 is 18.4 Å². The van der Waals surface area contributed by atoms with Crippen molar-refractivity contribution in [2.24, 2.45) is 5.92 Å².